The Bertz CT molecular complexity index is 2100. The number of esters is 2. The molecule has 0 fully saturated rings. The van der Waals surface area contributed by atoms with E-state index < -0.39 is 5.97 Å². The molecule has 10 nitrogen and oxygen atoms in total. The number of rotatable bonds is 14. The molecule has 0 spiro atoms. The number of carbonyl (C=O) groups excluding carboxylic acids is 3. The average molecular weight is 722 g/mol. The van der Waals surface area contributed by atoms with Crippen molar-refractivity contribution in [1.82, 2.24) is 25.3 Å². The van der Waals surface area contributed by atoms with Crippen molar-refractivity contribution in [2.45, 2.75) is 111 Å². The van der Waals surface area contributed by atoms with Crippen molar-refractivity contribution in [3.05, 3.63) is 81.4 Å². The van der Waals surface area contributed by atoms with Crippen molar-refractivity contribution in [3.8, 4) is 0 Å². The summed E-state index contributed by atoms with van der Waals surface area (Å²) in [6.45, 7) is 17.1. The number of fused-ring (bicyclic) bond motifs is 8. The summed E-state index contributed by atoms with van der Waals surface area (Å²) in [7, 11) is 2.74. The first-order valence-corrected chi connectivity index (χ1v) is 19.0. The van der Waals surface area contributed by atoms with Gasteiger partial charge in [-0.3, -0.25) is 19.4 Å². The highest BCUT2D eigenvalue weighted by atomic mass is 16.5. The number of H-pyrrole nitrogens is 2. The van der Waals surface area contributed by atoms with Crippen LogP contribution in [0, 0.1) is 13.8 Å². The molecule has 1 amide bonds. The number of nitrogens with zero attached hydrogens (tertiary/aromatic N) is 2. The second-order valence-corrected chi connectivity index (χ2v) is 14.2. The molecule has 0 aliphatic carbocycles. The third-order valence-electron chi connectivity index (χ3n) is 11.0. The molecule has 0 saturated carbocycles. The number of allylic oxidation sites excluding steroid dienone is 3. The van der Waals surface area contributed by atoms with Crippen molar-refractivity contribution in [2.24, 2.45) is 0 Å². The van der Waals surface area contributed by atoms with Crippen LogP contribution >= 0.6 is 0 Å². The number of hydrogen-bond donors (Lipinski definition) is 3. The fourth-order valence-electron chi connectivity index (χ4n) is 7.73. The van der Waals surface area contributed by atoms with E-state index >= 15 is 0 Å². The molecule has 5 heterocycles. The van der Waals surface area contributed by atoms with Gasteiger partial charge in [-0.2, -0.15) is 0 Å². The summed E-state index contributed by atoms with van der Waals surface area (Å²) in [5.74, 6) is -1.41. The van der Waals surface area contributed by atoms with Crippen LogP contribution in [0.1, 0.15) is 140 Å². The summed E-state index contributed by atoms with van der Waals surface area (Å²) in [5, 5.41) is 3.17. The van der Waals surface area contributed by atoms with Gasteiger partial charge in [-0.05, 0) is 80.5 Å². The number of unbranched alkanes of at least 4 members (excludes halogenated alkanes) is 4. The largest absolute Gasteiger partial charge is 0.469 e. The van der Waals surface area contributed by atoms with Crippen LogP contribution in [0.4, 0.5) is 0 Å². The third kappa shape index (κ3) is 8.16. The molecule has 2 aliphatic rings. The van der Waals surface area contributed by atoms with Crippen molar-refractivity contribution in [1.29, 1.82) is 0 Å². The average Bonchev–Trinajstić information content (AvgIpc) is 3.83. The molecule has 2 unspecified atom stereocenters. The van der Waals surface area contributed by atoms with E-state index in [0.29, 0.717) is 35.3 Å². The SMILES string of the molecule is C=CC1=C(C)c2cc3nc(c(CC(=O)OC)c4[nH]c(cc5[nH]c(cc1n2)c(C)c5CC)c(C)c4C(=O)NCCCCCCC)C(CCC(=O)OC)C3C. The topological polar surface area (TPSA) is 139 Å². The minimum Gasteiger partial charge on any atom is -0.469 e. The number of hydrogen-bond acceptors (Lipinski definition) is 7. The maximum absolute atomic E-state index is 14.3. The van der Waals surface area contributed by atoms with Crippen LogP contribution in [0.25, 0.3) is 33.2 Å². The van der Waals surface area contributed by atoms with Crippen LogP contribution in [-0.4, -0.2) is 58.5 Å². The summed E-state index contributed by atoms with van der Waals surface area (Å²) in [4.78, 5) is 57.6. The van der Waals surface area contributed by atoms with E-state index in [4.69, 9.17) is 19.4 Å². The van der Waals surface area contributed by atoms with Crippen LogP contribution in [0.2, 0.25) is 0 Å². The molecule has 10 heteroatoms. The fraction of sp³-hybridized carbons (Fsp3) is 0.465. The molecule has 0 saturated heterocycles. The van der Waals surface area contributed by atoms with Crippen LogP contribution in [0.3, 0.4) is 0 Å². The Labute approximate surface area is 312 Å². The van der Waals surface area contributed by atoms with Gasteiger partial charge >= 0.3 is 11.9 Å². The Kier molecular flexibility index (Phi) is 12.7. The molecule has 2 aliphatic heterocycles. The first kappa shape index (κ1) is 39.2. The maximum Gasteiger partial charge on any atom is 0.310 e. The lowest BCUT2D eigenvalue weighted by molar-refractivity contribution is -0.141. The van der Waals surface area contributed by atoms with E-state index in [2.05, 4.69) is 55.6 Å². The first-order valence-electron chi connectivity index (χ1n) is 19.0. The van der Waals surface area contributed by atoms with Crippen molar-refractivity contribution in [3.63, 3.8) is 0 Å². The number of carbonyl (C=O) groups is 3. The summed E-state index contributed by atoms with van der Waals surface area (Å²) < 4.78 is 10.3. The zero-order valence-electron chi connectivity index (χ0n) is 32.7. The van der Waals surface area contributed by atoms with Gasteiger partial charge in [0.25, 0.3) is 5.91 Å². The van der Waals surface area contributed by atoms with E-state index in [1.165, 1.54) is 20.6 Å². The Morgan fingerprint density at radius 3 is 2.26 bits per heavy atom. The minimum absolute atomic E-state index is 0.125. The molecule has 0 aromatic carbocycles. The quantitative estimate of drug-likeness (QED) is 0.112. The lowest BCUT2D eigenvalue weighted by Crippen LogP contribution is -2.25. The highest BCUT2D eigenvalue weighted by molar-refractivity contribution is 6.06. The smallest absolute Gasteiger partial charge is 0.310 e. The lowest BCUT2D eigenvalue weighted by atomic mass is 9.85. The molecule has 53 heavy (non-hydrogen) atoms. The second-order valence-electron chi connectivity index (χ2n) is 14.2. The van der Waals surface area contributed by atoms with Gasteiger partial charge in [0.05, 0.1) is 48.8 Å². The number of methoxy groups -OCH3 is 2. The van der Waals surface area contributed by atoms with E-state index in [9.17, 15) is 14.4 Å². The maximum atomic E-state index is 14.3. The van der Waals surface area contributed by atoms with Crippen LogP contribution in [0.5, 0.6) is 0 Å². The van der Waals surface area contributed by atoms with Gasteiger partial charge in [0.2, 0.25) is 0 Å². The highest BCUT2D eigenvalue weighted by Gasteiger charge is 2.34. The Balaban J connectivity index is 1.91. The predicted molar refractivity (Wildman–Crippen MR) is 212 cm³/mol. The van der Waals surface area contributed by atoms with Crippen molar-refractivity contribution >= 4 is 51.1 Å². The van der Waals surface area contributed by atoms with E-state index in [1.54, 1.807) is 0 Å². The van der Waals surface area contributed by atoms with E-state index in [-0.39, 0.29) is 36.6 Å². The number of aryl methyl sites for hydroxylation is 3. The molecule has 3 aromatic heterocycles. The standard InChI is InChI=1S/C43H55N5O5/c1-10-13-14-15-16-19-44-43(51)40-27(7)35-23-37-29(12-3)25(5)33(46-37)22-36-28(11-2)24(4)32(45-36)21-34-26(6)30(17-18-38(49)52-8)41(47-34)31(42(40)48-35)20-39(50)53-9/h11,21-23,26,30,46,48H,2,10,12-20H2,1,3-9H3,(H,44,51). The zero-order valence-corrected chi connectivity index (χ0v) is 32.7. The molecule has 2 atom stereocenters. The summed E-state index contributed by atoms with van der Waals surface area (Å²) in [6.07, 6.45) is 8.46. The normalized spacial score (nSPS) is 15.4. The van der Waals surface area contributed by atoms with Gasteiger partial charge in [0, 0.05) is 58.2 Å². The number of aromatic nitrogens is 4. The monoisotopic (exact) mass is 721 g/mol. The van der Waals surface area contributed by atoms with Gasteiger partial charge in [0.1, 0.15) is 0 Å². The van der Waals surface area contributed by atoms with Crippen LogP contribution < -0.4 is 5.32 Å². The number of amides is 1. The molecule has 3 aromatic rings. The number of ether oxygens (including phenoxy) is 2. The fourth-order valence-corrected chi connectivity index (χ4v) is 7.73. The molecule has 5 rings (SSSR count). The molecular formula is C43H55N5O5. The molecule has 282 valence electrons. The molecule has 3 N–H and O–H groups in total. The Morgan fingerprint density at radius 2 is 1.58 bits per heavy atom. The van der Waals surface area contributed by atoms with Gasteiger partial charge in [-0.25, -0.2) is 4.98 Å². The summed E-state index contributed by atoms with van der Waals surface area (Å²) >= 11 is 0. The number of aromatic amines is 2. The predicted octanol–water partition coefficient (Wildman–Crippen LogP) is 8.87. The number of nitrogens with one attached hydrogen (secondary N) is 3. The summed E-state index contributed by atoms with van der Waals surface area (Å²) in [5.41, 5.74) is 12.1. The van der Waals surface area contributed by atoms with Gasteiger partial charge in [-0.15, -0.1) is 0 Å². The Hall–Kier alpha value is -4.99. The lowest BCUT2D eigenvalue weighted by Gasteiger charge is -2.18. The highest BCUT2D eigenvalue weighted by Crippen LogP contribution is 2.43. The van der Waals surface area contributed by atoms with Gasteiger partial charge in [0.15, 0.2) is 0 Å². The van der Waals surface area contributed by atoms with Crippen molar-refractivity contribution < 1.29 is 23.9 Å². The Morgan fingerprint density at radius 1 is 0.868 bits per heavy atom. The van der Waals surface area contributed by atoms with Gasteiger partial charge in [-0.1, -0.05) is 59.1 Å². The summed E-state index contributed by atoms with van der Waals surface area (Å²) in [6, 6.07) is 6.12. The van der Waals surface area contributed by atoms with Crippen LogP contribution in [-0.2, 0) is 31.9 Å². The zero-order chi connectivity index (χ0) is 38.4. The first-order chi connectivity index (χ1) is 25.5. The molecule has 0 radical (unpaired) electrons. The third-order valence-corrected chi connectivity index (χ3v) is 11.0. The molecular weight excluding hydrogens is 667 g/mol. The van der Waals surface area contributed by atoms with E-state index in [0.717, 1.165) is 93.6 Å². The van der Waals surface area contributed by atoms with Crippen LogP contribution in [0.15, 0.2) is 30.9 Å². The minimum atomic E-state index is -0.462. The second kappa shape index (κ2) is 17.2. The van der Waals surface area contributed by atoms with Gasteiger partial charge < -0.3 is 24.8 Å². The molecule has 8 bridgehead atoms. The van der Waals surface area contributed by atoms with E-state index in [1.807, 2.05) is 32.1 Å². The van der Waals surface area contributed by atoms with Crippen molar-refractivity contribution in [2.75, 3.05) is 20.8 Å².